The number of amides is 1. The number of aliphatic hydroxyl groups is 1. The summed E-state index contributed by atoms with van der Waals surface area (Å²) in [6, 6.07) is 15.1. The quantitative estimate of drug-likeness (QED) is 0.258. The Balaban J connectivity index is 1.51. The van der Waals surface area contributed by atoms with Gasteiger partial charge in [-0.2, -0.15) is 0 Å². The number of thiol groups is 1. The Hall–Kier alpha value is -2.44. The van der Waals surface area contributed by atoms with Crippen LogP contribution in [0.15, 0.2) is 42.5 Å². The average molecular weight is 486 g/mol. The van der Waals surface area contributed by atoms with Crippen molar-refractivity contribution >= 4 is 27.6 Å². The summed E-state index contributed by atoms with van der Waals surface area (Å²) in [7, 11) is -2.84. The number of rotatable bonds is 11. The number of benzene rings is 2. The molecule has 184 valence electrons. The lowest BCUT2D eigenvalue weighted by Gasteiger charge is -2.37. The molecule has 1 fully saturated rings. The number of carbonyl (C=O) groups excluding carboxylic acids is 1. The van der Waals surface area contributed by atoms with Crippen molar-refractivity contribution in [1.29, 1.82) is 0 Å². The van der Waals surface area contributed by atoms with Gasteiger partial charge in [-0.3, -0.25) is 9.69 Å². The SMILES string of the molecule is C#CCCNC(=O)CC(O)CN(CC1CCN(C(C)c2cccc3ccccc23)CC1)[SH](=O)=O. The van der Waals surface area contributed by atoms with Gasteiger partial charge in [0.1, 0.15) is 0 Å². The van der Waals surface area contributed by atoms with Crippen molar-refractivity contribution in [3.05, 3.63) is 48.0 Å². The van der Waals surface area contributed by atoms with Crippen molar-refractivity contribution in [2.75, 3.05) is 32.7 Å². The number of fused-ring (bicyclic) bond motifs is 1. The maximum absolute atomic E-state index is 11.9. The summed E-state index contributed by atoms with van der Waals surface area (Å²) in [4.78, 5) is 14.3. The maximum atomic E-state index is 11.9. The van der Waals surface area contributed by atoms with Gasteiger partial charge in [0.25, 0.3) is 0 Å². The third kappa shape index (κ3) is 7.28. The molecule has 2 N–H and O–H groups in total. The van der Waals surface area contributed by atoms with Crippen LogP contribution in [0.3, 0.4) is 0 Å². The smallest absolute Gasteiger partial charge is 0.222 e. The summed E-state index contributed by atoms with van der Waals surface area (Å²) in [5, 5.41) is 15.4. The van der Waals surface area contributed by atoms with E-state index in [0.717, 1.165) is 25.9 Å². The minimum Gasteiger partial charge on any atom is -0.391 e. The molecule has 1 aliphatic heterocycles. The monoisotopic (exact) mass is 485 g/mol. The van der Waals surface area contributed by atoms with Crippen LogP contribution in [0, 0.1) is 18.3 Å². The normalized spacial score (nSPS) is 17.0. The van der Waals surface area contributed by atoms with Gasteiger partial charge in [-0.25, -0.2) is 12.7 Å². The topological polar surface area (TPSA) is 89.9 Å². The molecule has 1 heterocycles. The summed E-state index contributed by atoms with van der Waals surface area (Å²) < 4.78 is 24.9. The van der Waals surface area contributed by atoms with E-state index in [4.69, 9.17) is 6.42 Å². The van der Waals surface area contributed by atoms with Crippen LogP contribution in [-0.4, -0.2) is 67.5 Å². The zero-order valence-electron chi connectivity index (χ0n) is 19.7. The third-order valence-electron chi connectivity index (χ3n) is 6.60. The zero-order valence-corrected chi connectivity index (χ0v) is 20.6. The van der Waals surface area contributed by atoms with Gasteiger partial charge in [-0.05, 0) is 55.1 Å². The van der Waals surface area contributed by atoms with Crippen molar-refractivity contribution in [2.24, 2.45) is 5.92 Å². The van der Waals surface area contributed by atoms with E-state index in [-0.39, 0.29) is 30.8 Å². The van der Waals surface area contributed by atoms with Gasteiger partial charge < -0.3 is 10.4 Å². The van der Waals surface area contributed by atoms with Crippen LogP contribution in [0.1, 0.15) is 44.2 Å². The van der Waals surface area contributed by atoms with Crippen LogP contribution in [0.2, 0.25) is 0 Å². The van der Waals surface area contributed by atoms with Gasteiger partial charge in [-0.15, -0.1) is 12.3 Å². The molecule has 2 aromatic rings. The fourth-order valence-electron chi connectivity index (χ4n) is 4.71. The van der Waals surface area contributed by atoms with Gasteiger partial charge in [0.2, 0.25) is 16.8 Å². The number of likely N-dealkylation sites (tertiary alicyclic amines) is 1. The number of carbonyl (C=O) groups is 1. The number of hydrogen-bond donors (Lipinski definition) is 3. The minimum atomic E-state index is -2.84. The molecule has 1 saturated heterocycles. The molecule has 3 rings (SSSR count). The third-order valence-corrected chi connectivity index (χ3v) is 7.39. The van der Waals surface area contributed by atoms with Crippen molar-refractivity contribution < 1.29 is 18.3 Å². The van der Waals surface area contributed by atoms with Crippen LogP contribution < -0.4 is 5.32 Å². The maximum Gasteiger partial charge on any atom is 0.222 e. The Morgan fingerprint density at radius 3 is 2.65 bits per heavy atom. The highest BCUT2D eigenvalue weighted by molar-refractivity contribution is 7.69. The Kier molecular flexibility index (Phi) is 9.90. The van der Waals surface area contributed by atoms with Crippen LogP contribution in [0.5, 0.6) is 0 Å². The van der Waals surface area contributed by atoms with Gasteiger partial charge in [-0.1, -0.05) is 42.5 Å². The van der Waals surface area contributed by atoms with Crippen LogP contribution in [-0.2, 0) is 15.7 Å². The first kappa shape index (κ1) is 26.2. The summed E-state index contributed by atoms with van der Waals surface area (Å²) in [6.07, 6.45) is 6.14. The number of aliphatic hydroxyl groups excluding tert-OH is 1. The van der Waals surface area contributed by atoms with E-state index < -0.39 is 17.0 Å². The molecule has 2 unspecified atom stereocenters. The molecule has 0 aliphatic carbocycles. The summed E-state index contributed by atoms with van der Waals surface area (Å²) in [6.45, 7) is 4.64. The van der Waals surface area contributed by atoms with Gasteiger partial charge in [0, 0.05) is 32.1 Å². The van der Waals surface area contributed by atoms with Gasteiger partial charge >= 0.3 is 0 Å². The lowest BCUT2D eigenvalue weighted by molar-refractivity contribution is -0.123. The molecule has 2 aromatic carbocycles. The molecule has 2 atom stereocenters. The fourth-order valence-corrected chi connectivity index (χ4v) is 5.39. The number of hydrogen-bond acceptors (Lipinski definition) is 5. The second-order valence-corrected chi connectivity index (χ2v) is 10.0. The highest BCUT2D eigenvalue weighted by Gasteiger charge is 2.27. The van der Waals surface area contributed by atoms with Crippen molar-refractivity contribution in [3.63, 3.8) is 0 Å². The summed E-state index contributed by atoms with van der Waals surface area (Å²) in [5.74, 6) is 2.32. The number of nitrogens with zero attached hydrogens (tertiary/aromatic N) is 2. The fraction of sp³-hybridized carbons (Fsp3) is 0.500. The number of terminal acetylenes is 1. The van der Waals surface area contributed by atoms with E-state index in [1.54, 1.807) is 0 Å². The van der Waals surface area contributed by atoms with Crippen LogP contribution in [0.25, 0.3) is 10.8 Å². The second-order valence-electron chi connectivity index (χ2n) is 9.00. The molecule has 34 heavy (non-hydrogen) atoms. The Labute approximate surface area is 204 Å². The zero-order chi connectivity index (χ0) is 24.5. The molecule has 7 nitrogen and oxygen atoms in total. The number of nitrogens with one attached hydrogen (secondary N) is 1. The molecule has 8 heteroatoms. The van der Waals surface area contributed by atoms with Crippen molar-refractivity contribution in [1.82, 2.24) is 14.5 Å². The van der Waals surface area contributed by atoms with E-state index >= 15 is 0 Å². The van der Waals surface area contributed by atoms with Crippen LogP contribution in [0.4, 0.5) is 0 Å². The average Bonchev–Trinajstić information content (AvgIpc) is 2.83. The minimum absolute atomic E-state index is 0.0755. The molecule has 0 saturated carbocycles. The lowest BCUT2D eigenvalue weighted by Crippen LogP contribution is -2.42. The molecule has 1 amide bonds. The first-order valence-corrected chi connectivity index (χ1v) is 13.0. The second kappa shape index (κ2) is 12.9. The van der Waals surface area contributed by atoms with Crippen molar-refractivity contribution in [2.45, 2.75) is 44.8 Å². The molecular weight excluding hydrogens is 450 g/mol. The molecule has 0 aromatic heterocycles. The van der Waals surface area contributed by atoms with E-state index in [9.17, 15) is 18.3 Å². The lowest BCUT2D eigenvalue weighted by atomic mass is 9.93. The van der Waals surface area contributed by atoms with Gasteiger partial charge in [0.05, 0.1) is 12.5 Å². The Morgan fingerprint density at radius 2 is 1.94 bits per heavy atom. The van der Waals surface area contributed by atoms with Crippen LogP contribution >= 0.6 is 0 Å². The first-order chi connectivity index (χ1) is 16.4. The molecule has 0 bridgehead atoms. The Morgan fingerprint density at radius 1 is 1.24 bits per heavy atom. The number of piperidine rings is 1. The highest BCUT2D eigenvalue weighted by atomic mass is 32.2. The van der Waals surface area contributed by atoms with E-state index in [1.165, 1.54) is 20.6 Å². The first-order valence-electron chi connectivity index (χ1n) is 11.9. The highest BCUT2D eigenvalue weighted by Crippen LogP contribution is 2.31. The molecule has 1 aliphatic rings. The van der Waals surface area contributed by atoms with E-state index in [0.29, 0.717) is 19.5 Å². The Bertz CT molecular complexity index is 1060. The van der Waals surface area contributed by atoms with E-state index in [2.05, 4.69) is 65.5 Å². The predicted molar refractivity (Wildman–Crippen MR) is 136 cm³/mol. The molecule has 0 spiro atoms. The summed E-state index contributed by atoms with van der Waals surface area (Å²) >= 11 is 0. The van der Waals surface area contributed by atoms with Crippen molar-refractivity contribution in [3.8, 4) is 12.3 Å². The molecular formula is C26H35N3O4S. The summed E-state index contributed by atoms with van der Waals surface area (Å²) in [5.41, 5.74) is 1.31. The standard InChI is InChI=1S/C26H35N3O4S/c1-3-4-14-27-26(31)17-23(30)19-29(34(32)33)18-21-12-15-28(16-13-21)20(2)24-11-7-9-22-8-5-6-10-25(22)24/h1,5-11,20-21,23,30,34H,4,12-19H2,2H3,(H,27,31). The predicted octanol–water partition coefficient (Wildman–Crippen LogP) is 2.33. The molecule has 0 radical (unpaired) electrons. The largest absolute Gasteiger partial charge is 0.391 e. The van der Waals surface area contributed by atoms with Gasteiger partial charge in [0.15, 0.2) is 0 Å². The van der Waals surface area contributed by atoms with E-state index in [1.807, 2.05) is 0 Å².